The summed E-state index contributed by atoms with van der Waals surface area (Å²) in [4.78, 5) is 20.9. The highest BCUT2D eigenvalue weighted by Gasteiger charge is 2.22. The average molecular weight is 454 g/mol. The first-order chi connectivity index (χ1) is 15.2. The van der Waals surface area contributed by atoms with Gasteiger partial charge in [-0.1, -0.05) is 48.0 Å². The van der Waals surface area contributed by atoms with Crippen LogP contribution < -0.4 is 5.43 Å². The molecule has 0 radical (unpaired) electrons. The summed E-state index contributed by atoms with van der Waals surface area (Å²) in [6, 6.07) is 17.9. The van der Waals surface area contributed by atoms with Gasteiger partial charge in [0.05, 0.1) is 32.3 Å². The molecule has 0 bridgehead atoms. The molecule has 0 aliphatic rings. The lowest BCUT2D eigenvalue weighted by molar-refractivity contribution is -0.393. The molecule has 0 amide bonds. The molecule has 10 nitrogen and oxygen atoms in total. The van der Waals surface area contributed by atoms with Crippen LogP contribution in [0.15, 0.2) is 82.8 Å². The van der Waals surface area contributed by atoms with Crippen molar-refractivity contribution in [3.8, 4) is 0 Å². The summed E-state index contributed by atoms with van der Waals surface area (Å²) >= 11 is 0. The van der Waals surface area contributed by atoms with Gasteiger partial charge in [-0.15, -0.1) is 0 Å². The summed E-state index contributed by atoms with van der Waals surface area (Å²) < 4.78 is 25.9. The van der Waals surface area contributed by atoms with Gasteiger partial charge in [-0.2, -0.15) is 5.10 Å². The number of aryl methyl sites for hydroxylation is 1. The zero-order chi connectivity index (χ0) is 23.3. The van der Waals surface area contributed by atoms with Gasteiger partial charge in [0.2, 0.25) is 0 Å². The summed E-state index contributed by atoms with van der Waals surface area (Å²) in [6.45, 7) is 1.84. The number of benzene rings is 3. The highest BCUT2D eigenvalue weighted by Crippen LogP contribution is 2.29. The minimum absolute atomic E-state index is 0.109. The van der Waals surface area contributed by atoms with Gasteiger partial charge in [-0.25, -0.2) is 8.42 Å². The van der Waals surface area contributed by atoms with E-state index in [1.165, 1.54) is 12.1 Å². The predicted octanol–water partition coefficient (Wildman–Crippen LogP) is 4.10. The first kappa shape index (κ1) is 22.6. The van der Waals surface area contributed by atoms with Gasteiger partial charge < -0.3 is 0 Å². The number of nitro benzene ring substituents is 2. The largest absolute Gasteiger partial charge is 0.301 e. The lowest BCUT2D eigenvalue weighted by Crippen LogP contribution is -2.19. The minimum Gasteiger partial charge on any atom is -0.271 e. The minimum atomic E-state index is -3.77. The van der Waals surface area contributed by atoms with Crippen molar-refractivity contribution < 1.29 is 18.3 Å². The molecule has 11 heteroatoms. The molecule has 164 valence electrons. The van der Waals surface area contributed by atoms with E-state index < -0.39 is 36.8 Å². The monoisotopic (exact) mass is 454 g/mol. The van der Waals surface area contributed by atoms with Crippen LogP contribution in [0.4, 0.5) is 17.1 Å². The van der Waals surface area contributed by atoms with E-state index in [1.807, 2.05) is 6.92 Å². The van der Waals surface area contributed by atoms with Crippen LogP contribution in [0.1, 0.15) is 11.1 Å². The number of hydrogen-bond donors (Lipinski definition) is 1. The maximum absolute atomic E-state index is 12.9. The molecule has 0 heterocycles. The van der Waals surface area contributed by atoms with Gasteiger partial charge in [0.1, 0.15) is 5.69 Å². The van der Waals surface area contributed by atoms with Crippen molar-refractivity contribution in [1.29, 1.82) is 0 Å². The fourth-order valence-corrected chi connectivity index (χ4v) is 4.14. The van der Waals surface area contributed by atoms with Gasteiger partial charge in [0.15, 0.2) is 9.84 Å². The summed E-state index contributed by atoms with van der Waals surface area (Å²) in [5, 5.41) is 26.4. The van der Waals surface area contributed by atoms with Crippen LogP contribution in [0, 0.1) is 27.2 Å². The van der Waals surface area contributed by atoms with E-state index in [-0.39, 0.29) is 16.3 Å². The van der Waals surface area contributed by atoms with Crippen molar-refractivity contribution in [3.05, 3.63) is 104 Å². The van der Waals surface area contributed by atoms with E-state index in [0.717, 1.165) is 23.8 Å². The number of hydrazone groups is 1. The van der Waals surface area contributed by atoms with E-state index in [0.29, 0.717) is 5.56 Å². The van der Waals surface area contributed by atoms with E-state index in [2.05, 4.69) is 10.5 Å². The Bertz CT molecular complexity index is 1290. The van der Waals surface area contributed by atoms with Gasteiger partial charge in [-0.3, -0.25) is 25.7 Å². The molecule has 0 saturated carbocycles. The highest BCUT2D eigenvalue weighted by molar-refractivity contribution is 7.92. The average Bonchev–Trinajstić information content (AvgIpc) is 2.77. The van der Waals surface area contributed by atoms with Crippen LogP contribution in [0.3, 0.4) is 0 Å². The third-order valence-corrected chi connectivity index (χ3v) is 6.16. The molecule has 0 aliphatic heterocycles. The van der Waals surface area contributed by atoms with Gasteiger partial charge in [0.25, 0.3) is 5.69 Å². The Morgan fingerprint density at radius 1 is 0.938 bits per heavy atom. The molecule has 0 spiro atoms. The SMILES string of the molecule is Cc1ccc(S(=O)(=O)CC(=NNc2ccc([N+](=O)[O-])cc2[N+](=O)[O-])c2ccccc2)cc1. The fraction of sp³-hybridized carbons (Fsp3) is 0.0952. The van der Waals surface area contributed by atoms with Crippen molar-refractivity contribution in [3.63, 3.8) is 0 Å². The molecule has 0 atom stereocenters. The molecule has 0 fully saturated rings. The second-order valence-corrected chi connectivity index (χ2v) is 8.81. The second-order valence-electron chi connectivity index (χ2n) is 6.82. The Morgan fingerprint density at radius 3 is 2.19 bits per heavy atom. The van der Waals surface area contributed by atoms with Crippen LogP contribution in [0.25, 0.3) is 0 Å². The number of hydrogen-bond acceptors (Lipinski definition) is 8. The quantitative estimate of drug-likeness (QED) is 0.306. The first-order valence-corrected chi connectivity index (χ1v) is 10.9. The highest BCUT2D eigenvalue weighted by atomic mass is 32.2. The van der Waals surface area contributed by atoms with Crippen LogP contribution in [-0.2, 0) is 9.84 Å². The van der Waals surface area contributed by atoms with Gasteiger partial charge in [0, 0.05) is 6.07 Å². The molecule has 3 aromatic rings. The van der Waals surface area contributed by atoms with Crippen molar-refractivity contribution in [2.75, 3.05) is 11.2 Å². The Balaban J connectivity index is 2.00. The standard InChI is InChI=1S/C21H18N4O6S/c1-15-7-10-18(11-8-15)32(30,31)14-20(16-5-3-2-4-6-16)23-22-19-12-9-17(24(26)27)13-21(19)25(28)29/h2-13,22H,14H2,1H3. The molecule has 0 unspecified atom stereocenters. The lowest BCUT2D eigenvalue weighted by Gasteiger charge is -2.10. The summed E-state index contributed by atoms with van der Waals surface area (Å²) in [6.07, 6.45) is 0. The number of nitro groups is 2. The topological polar surface area (TPSA) is 145 Å². The normalized spacial score (nSPS) is 11.7. The second kappa shape index (κ2) is 9.35. The third-order valence-electron chi connectivity index (χ3n) is 4.51. The number of sulfone groups is 1. The van der Waals surface area contributed by atoms with Crippen LogP contribution in [-0.4, -0.2) is 29.7 Å². The van der Waals surface area contributed by atoms with E-state index in [4.69, 9.17) is 0 Å². The Morgan fingerprint density at radius 2 is 1.59 bits per heavy atom. The molecular weight excluding hydrogens is 436 g/mol. The maximum Gasteiger partial charge on any atom is 0.301 e. The number of anilines is 1. The number of non-ortho nitro benzene ring substituents is 1. The molecule has 3 aromatic carbocycles. The van der Waals surface area contributed by atoms with E-state index in [1.54, 1.807) is 42.5 Å². The van der Waals surface area contributed by atoms with E-state index >= 15 is 0 Å². The molecule has 32 heavy (non-hydrogen) atoms. The smallest absolute Gasteiger partial charge is 0.271 e. The van der Waals surface area contributed by atoms with Crippen LogP contribution in [0.5, 0.6) is 0 Å². The summed E-state index contributed by atoms with van der Waals surface area (Å²) in [5.41, 5.74) is 2.92. The molecule has 0 saturated heterocycles. The Labute approximate surface area is 183 Å². The maximum atomic E-state index is 12.9. The van der Waals surface area contributed by atoms with Gasteiger partial charge >= 0.3 is 5.69 Å². The molecule has 0 aliphatic carbocycles. The number of nitrogens with zero attached hydrogens (tertiary/aromatic N) is 3. The summed E-state index contributed by atoms with van der Waals surface area (Å²) in [5.74, 6) is -0.464. The van der Waals surface area contributed by atoms with Crippen molar-refractivity contribution in [2.45, 2.75) is 11.8 Å². The predicted molar refractivity (Wildman–Crippen MR) is 120 cm³/mol. The van der Waals surface area contributed by atoms with Crippen molar-refractivity contribution in [1.82, 2.24) is 0 Å². The Hall–Kier alpha value is -4.12. The lowest BCUT2D eigenvalue weighted by atomic mass is 10.1. The number of rotatable bonds is 8. The molecule has 3 rings (SSSR count). The Kier molecular flexibility index (Phi) is 6.59. The zero-order valence-corrected chi connectivity index (χ0v) is 17.7. The van der Waals surface area contributed by atoms with Crippen molar-refractivity contribution in [2.24, 2.45) is 5.10 Å². The fourth-order valence-electron chi connectivity index (χ4n) is 2.83. The zero-order valence-electron chi connectivity index (χ0n) is 16.8. The van der Waals surface area contributed by atoms with Crippen LogP contribution in [0.2, 0.25) is 0 Å². The van der Waals surface area contributed by atoms with Crippen molar-refractivity contribution >= 4 is 32.6 Å². The number of nitrogens with one attached hydrogen (secondary N) is 1. The first-order valence-electron chi connectivity index (χ1n) is 9.27. The third kappa shape index (κ3) is 5.32. The molecular formula is C21H18N4O6S. The van der Waals surface area contributed by atoms with E-state index in [9.17, 15) is 28.6 Å². The summed E-state index contributed by atoms with van der Waals surface area (Å²) in [7, 11) is -3.77. The molecule has 1 N–H and O–H groups in total. The van der Waals surface area contributed by atoms with Crippen LogP contribution >= 0.6 is 0 Å². The molecule has 0 aromatic heterocycles. The van der Waals surface area contributed by atoms with Gasteiger partial charge in [-0.05, 0) is 30.7 Å².